The van der Waals surface area contributed by atoms with Crippen LogP contribution in [0.15, 0.2) is 24.7 Å². The molecule has 1 N–H and O–H groups in total. The normalized spacial score (nSPS) is 19.8. The number of hydrogen-bond donors (Lipinski definition) is 1. The van der Waals surface area contributed by atoms with E-state index in [4.69, 9.17) is 4.74 Å². The SMILES string of the molecule is Cc1cc(CC[C@H]2CN(Cc3ccn[nH]3)CCO2)ncn1. The van der Waals surface area contributed by atoms with Crippen LogP contribution in [0.1, 0.15) is 23.5 Å². The fourth-order valence-corrected chi connectivity index (χ4v) is 2.67. The first-order valence-corrected chi connectivity index (χ1v) is 7.39. The highest BCUT2D eigenvalue weighted by molar-refractivity contribution is 5.06. The molecule has 0 aliphatic carbocycles. The molecular weight excluding hydrogens is 266 g/mol. The summed E-state index contributed by atoms with van der Waals surface area (Å²) in [5, 5.41) is 7.01. The zero-order valence-electron chi connectivity index (χ0n) is 12.3. The zero-order chi connectivity index (χ0) is 14.5. The first kappa shape index (κ1) is 14.2. The Balaban J connectivity index is 1.49. The van der Waals surface area contributed by atoms with E-state index < -0.39 is 0 Å². The van der Waals surface area contributed by atoms with Crippen LogP contribution in [0.25, 0.3) is 0 Å². The number of H-pyrrole nitrogens is 1. The Kier molecular flexibility index (Phi) is 4.57. The Morgan fingerprint density at radius 1 is 1.43 bits per heavy atom. The van der Waals surface area contributed by atoms with Crippen LogP contribution in [-0.2, 0) is 17.7 Å². The van der Waals surface area contributed by atoms with Gasteiger partial charge in [0, 0.05) is 42.9 Å². The van der Waals surface area contributed by atoms with Gasteiger partial charge in [-0.15, -0.1) is 0 Å². The number of aromatic nitrogens is 4. The molecule has 6 nitrogen and oxygen atoms in total. The van der Waals surface area contributed by atoms with Crippen LogP contribution in [0.2, 0.25) is 0 Å². The Labute approximate surface area is 124 Å². The second-order valence-corrected chi connectivity index (χ2v) is 5.50. The summed E-state index contributed by atoms with van der Waals surface area (Å²) >= 11 is 0. The maximum absolute atomic E-state index is 5.87. The number of morpholine rings is 1. The van der Waals surface area contributed by atoms with Gasteiger partial charge in [-0.3, -0.25) is 10.00 Å². The van der Waals surface area contributed by atoms with E-state index in [9.17, 15) is 0 Å². The molecule has 0 radical (unpaired) electrons. The standard InChI is InChI=1S/C15H21N5O/c1-12-8-13(17-11-16-12)2-3-15-10-20(6-7-21-15)9-14-4-5-18-19-14/h4-5,8,11,15H,2-3,6-7,9-10H2,1H3,(H,18,19)/t15-/m0/s1. The molecule has 0 amide bonds. The van der Waals surface area contributed by atoms with Crippen LogP contribution in [0.5, 0.6) is 0 Å². The van der Waals surface area contributed by atoms with Gasteiger partial charge in [-0.25, -0.2) is 9.97 Å². The molecule has 0 saturated carbocycles. The largest absolute Gasteiger partial charge is 0.376 e. The van der Waals surface area contributed by atoms with E-state index in [1.165, 1.54) is 0 Å². The van der Waals surface area contributed by atoms with Crippen LogP contribution < -0.4 is 0 Å². The third kappa shape index (κ3) is 4.09. The van der Waals surface area contributed by atoms with Crippen molar-refractivity contribution in [2.45, 2.75) is 32.4 Å². The lowest BCUT2D eigenvalue weighted by molar-refractivity contribution is -0.0350. The molecular formula is C15H21N5O. The zero-order valence-corrected chi connectivity index (χ0v) is 12.3. The Bertz CT molecular complexity index is 557. The molecule has 1 saturated heterocycles. The van der Waals surface area contributed by atoms with E-state index >= 15 is 0 Å². The highest BCUT2D eigenvalue weighted by Gasteiger charge is 2.20. The molecule has 2 aromatic heterocycles. The van der Waals surface area contributed by atoms with Crippen molar-refractivity contribution in [3.8, 4) is 0 Å². The van der Waals surface area contributed by atoms with Crippen molar-refractivity contribution in [3.63, 3.8) is 0 Å². The molecule has 21 heavy (non-hydrogen) atoms. The van der Waals surface area contributed by atoms with Crippen molar-refractivity contribution in [1.29, 1.82) is 0 Å². The average molecular weight is 287 g/mol. The van der Waals surface area contributed by atoms with E-state index in [1.54, 1.807) is 12.5 Å². The molecule has 1 aliphatic heterocycles. The molecule has 3 rings (SSSR count). The van der Waals surface area contributed by atoms with Crippen molar-refractivity contribution in [2.24, 2.45) is 0 Å². The van der Waals surface area contributed by atoms with Gasteiger partial charge >= 0.3 is 0 Å². The molecule has 112 valence electrons. The van der Waals surface area contributed by atoms with Crippen LogP contribution >= 0.6 is 0 Å². The number of aromatic amines is 1. The number of ether oxygens (including phenoxy) is 1. The third-order valence-corrected chi connectivity index (χ3v) is 3.76. The van der Waals surface area contributed by atoms with Gasteiger partial charge in [0.05, 0.1) is 12.7 Å². The van der Waals surface area contributed by atoms with Crippen molar-refractivity contribution >= 4 is 0 Å². The minimum atomic E-state index is 0.275. The molecule has 2 aromatic rings. The fourth-order valence-electron chi connectivity index (χ4n) is 2.67. The van der Waals surface area contributed by atoms with Crippen LogP contribution in [0.3, 0.4) is 0 Å². The van der Waals surface area contributed by atoms with Gasteiger partial charge < -0.3 is 4.74 Å². The lowest BCUT2D eigenvalue weighted by Gasteiger charge is -2.32. The lowest BCUT2D eigenvalue weighted by Crippen LogP contribution is -2.42. The van der Waals surface area contributed by atoms with Crippen molar-refractivity contribution in [2.75, 3.05) is 19.7 Å². The van der Waals surface area contributed by atoms with Crippen molar-refractivity contribution < 1.29 is 4.74 Å². The number of nitrogens with one attached hydrogen (secondary N) is 1. The van der Waals surface area contributed by atoms with Gasteiger partial charge in [-0.1, -0.05) is 0 Å². The fraction of sp³-hybridized carbons (Fsp3) is 0.533. The molecule has 1 atom stereocenters. The second-order valence-electron chi connectivity index (χ2n) is 5.50. The van der Waals surface area contributed by atoms with Crippen LogP contribution in [0, 0.1) is 6.92 Å². The van der Waals surface area contributed by atoms with Gasteiger partial charge in [0.2, 0.25) is 0 Å². The van der Waals surface area contributed by atoms with Gasteiger partial charge in [0.25, 0.3) is 0 Å². The van der Waals surface area contributed by atoms with Gasteiger partial charge in [0.1, 0.15) is 6.33 Å². The maximum Gasteiger partial charge on any atom is 0.115 e. The summed E-state index contributed by atoms with van der Waals surface area (Å²) in [6.45, 7) is 5.63. The highest BCUT2D eigenvalue weighted by Crippen LogP contribution is 2.13. The van der Waals surface area contributed by atoms with Crippen LogP contribution in [-0.4, -0.2) is 50.9 Å². The summed E-state index contributed by atoms with van der Waals surface area (Å²) in [4.78, 5) is 10.8. The number of nitrogens with zero attached hydrogens (tertiary/aromatic N) is 4. The molecule has 0 bridgehead atoms. The van der Waals surface area contributed by atoms with Gasteiger partial charge in [-0.05, 0) is 31.9 Å². The molecule has 1 aliphatic rings. The van der Waals surface area contributed by atoms with E-state index in [0.717, 1.165) is 56.2 Å². The number of aryl methyl sites for hydroxylation is 2. The predicted octanol–water partition coefficient (Wildman–Crippen LogP) is 1.34. The molecule has 6 heteroatoms. The topological polar surface area (TPSA) is 66.9 Å². The summed E-state index contributed by atoms with van der Waals surface area (Å²) in [7, 11) is 0. The highest BCUT2D eigenvalue weighted by atomic mass is 16.5. The quantitative estimate of drug-likeness (QED) is 0.899. The van der Waals surface area contributed by atoms with Crippen LogP contribution in [0.4, 0.5) is 0 Å². The smallest absolute Gasteiger partial charge is 0.115 e. The molecule has 1 fully saturated rings. The maximum atomic E-state index is 5.87. The number of hydrogen-bond acceptors (Lipinski definition) is 5. The Morgan fingerprint density at radius 3 is 3.19 bits per heavy atom. The van der Waals surface area contributed by atoms with E-state index in [2.05, 4.69) is 25.1 Å². The molecule has 0 spiro atoms. The Morgan fingerprint density at radius 2 is 2.38 bits per heavy atom. The summed E-state index contributed by atoms with van der Waals surface area (Å²) in [5.41, 5.74) is 3.27. The van der Waals surface area contributed by atoms with Gasteiger partial charge in [-0.2, -0.15) is 5.10 Å². The van der Waals surface area contributed by atoms with E-state index in [0.29, 0.717) is 0 Å². The van der Waals surface area contributed by atoms with E-state index in [1.807, 2.05) is 19.1 Å². The van der Waals surface area contributed by atoms with Gasteiger partial charge in [0.15, 0.2) is 0 Å². The minimum Gasteiger partial charge on any atom is -0.376 e. The first-order valence-electron chi connectivity index (χ1n) is 7.39. The third-order valence-electron chi connectivity index (χ3n) is 3.76. The second kappa shape index (κ2) is 6.78. The predicted molar refractivity (Wildman–Crippen MR) is 78.7 cm³/mol. The van der Waals surface area contributed by atoms with E-state index in [-0.39, 0.29) is 6.10 Å². The summed E-state index contributed by atoms with van der Waals surface area (Å²) in [6.07, 6.45) is 5.64. The first-order chi connectivity index (χ1) is 10.3. The molecule has 0 unspecified atom stereocenters. The summed E-state index contributed by atoms with van der Waals surface area (Å²) < 4.78 is 5.87. The van der Waals surface area contributed by atoms with Crippen molar-refractivity contribution in [3.05, 3.63) is 41.7 Å². The minimum absolute atomic E-state index is 0.275. The molecule has 3 heterocycles. The average Bonchev–Trinajstić information content (AvgIpc) is 2.99. The summed E-state index contributed by atoms with van der Waals surface area (Å²) in [6, 6.07) is 4.07. The molecule has 0 aromatic carbocycles. The van der Waals surface area contributed by atoms with Crippen molar-refractivity contribution in [1.82, 2.24) is 25.1 Å². The number of rotatable bonds is 5. The lowest BCUT2D eigenvalue weighted by atomic mass is 10.1. The summed E-state index contributed by atoms with van der Waals surface area (Å²) in [5.74, 6) is 0. The monoisotopic (exact) mass is 287 g/mol. The Hall–Kier alpha value is -1.79.